The first-order valence-electron chi connectivity index (χ1n) is 32.0. The van der Waals surface area contributed by atoms with Gasteiger partial charge in [0.15, 0.2) is 0 Å². The monoisotopic (exact) mass is 1100 g/mol. The quantitative estimate of drug-likeness (QED) is 0.0207. The number of amides is 1. The zero-order valence-corrected chi connectivity index (χ0v) is 51.7. The number of nitrogens with one attached hydrogen (secondary N) is 1. The lowest BCUT2D eigenvalue weighted by molar-refractivity contribution is -0.870. The molecule has 77 heavy (non-hydrogen) atoms. The molecule has 9 nitrogen and oxygen atoms in total. The van der Waals surface area contributed by atoms with Crippen molar-refractivity contribution in [3.05, 3.63) is 85.1 Å². The van der Waals surface area contributed by atoms with Crippen molar-refractivity contribution >= 4 is 13.7 Å². The van der Waals surface area contributed by atoms with Crippen molar-refractivity contribution in [2.24, 2.45) is 0 Å². The van der Waals surface area contributed by atoms with E-state index in [0.717, 1.165) is 77.0 Å². The number of rotatable bonds is 58. The van der Waals surface area contributed by atoms with Crippen LogP contribution in [0.25, 0.3) is 0 Å². The Morgan fingerprint density at radius 1 is 0.481 bits per heavy atom. The van der Waals surface area contributed by atoms with Crippen LogP contribution in [0.2, 0.25) is 0 Å². The molecule has 0 saturated heterocycles. The van der Waals surface area contributed by atoms with E-state index < -0.39 is 32.7 Å². The van der Waals surface area contributed by atoms with Crippen LogP contribution in [0.3, 0.4) is 0 Å². The van der Waals surface area contributed by atoms with E-state index in [-0.39, 0.29) is 18.9 Å². The topological polar surface area (TPSA) is 125 Å². The Balaban J connectivity index is 3.91. The van der Waals surface area contributed by atoms with Gasteiger partial charge in [-0.25, -0.2) is 4.57 Å². The molecule has 0 bridgehead atoms. The Labute approximate surface area is 476 Å². The van der Waals surface area contributed by atoms with E-state index in [2.05, 4.69) is 97.3 Å². The Bertz CT molecular complexity index is 1550. The molecule has 4 N–H and O–H groups in total. The standard InChI is InChI=1S/C67H123N2O7P/c1-6-8-10-12-14-16-18-20-21-22-23-24-25-26-27-28-29-30-31-32-33-34-35-36-37-38-39-40-41-42-43-44-45-46-47-48-50-52-54-56-58-60-66(71)68-64(63-76-77(73,74)75-62-61-69(3,4)5)67(72)65(70)59-57-55-53-51-49-19-17-15-13-11-9-7-2/h7-10,14-17,20-21,23-24,51,53,64-65,67,70,72H,6,11-13,18-19,22,25-50,52,54-63H2,1-5H3,(H-,68,71,73,74)/p+1/b9-7+,10-8-,16-14-,17-15+,21-20-,24-23-,53-51+. The normalized spacial score (nSPS) is 14.8. The zero-order chi connectivity index (χ0) is 56.4. The maximum absolute atomic E-state index is 13.0. The summed E-state index contributed by atoms with van der Waals surface area (Å²) in [7, 11) is 1.41. The Morgan fingerprint density at radius 3 is 1.25 bits per heavy atom. The van der Waals surface area contributed by atoms with Crippen LogP contribution in [-0.4, -0.2) is 84.6 Å². The van der Waals surface area contributed by atoms with Crippen LogP contribution in [0.5, 0.6) is 0 Å². The highest BCUT2D eigenvalue weighted by Gasteiger charge is 2.32. The van der Waals surface area contributed by atoms with Crippen LogP contribution in [0, 0.1) is 0 Å². The van der Waals surface area contributed by atoms with Crippen molar-refractivity contribution in [1.82, 2.24) is 5.32 Å². The van der Waals surface area contributed by atoms with Gasteiger partial charge in [0, 0.05) is 6.42 Å². The number of likely N-dealkylation sites (N-methyl/N-ethyl adjacent to an activating group) is 1. The predicted molar refractivity (Wildman–Crippen MR) is 333 cm³/mol. The summed E-state index contributed by atoms with van der Waals surface area (Å²) >= 11 is 0. The number of allylic oxidation sites excluding steroid dienone is 14. The smallest absolute Gasteiger partial charge is 0.390 e. The lowest BCUT2D eigenvalue weighted by Gasteiger charge is -2.28. The number of nitrogens with zero attached hydrogens (tertiary/aromatic N) is 1. The van der Waals surface area contributed by atoms with Gasteiger partial charge in [-0.15, -0.1) is 0 Å². The van der Waals surface area contributed by atoms with Crippen molar-refractivity contribution < 1.29 is 38.0 Å². The molecule has 4 atom stereocenters. The van der Waals surface area contributed by atoms with Crippen molar-refractivity contribution in [2.75, 3.05) is 40.9 Å². The molecule has 0 aromatic rings. The summed E-state index contributed by atoms with van der Waals surface area (Å²) in [4.78, 5) is 23.3. The molecule has 0 aliphatic carbocycles. The first kappa shape index (κ1) is 74.6. The van der Waals surface area contributed by atoms with Crippen LogP contribution >= 0.6 is 7.82 Å². The highest BCUT2D eigenvalue weighted by molar-refractivity contribution is 7.47. The number of hydrogen-bond acceptors (Lipinski definition) is 6. The lowest BCUT2D eigenvalue weighted by Crippen LogP contribution is -2.51. The van der Waals surface area contributed by atoms with Crippen molar-refractivity contribution in [2.45, 2.75) is 295 Å². The molecular formula is C67H124N2O7P+. The van der Waals surface area contributed by atoms with E-state index in [1.165, 1.54) is 167 Å². The van der Waals surface area contributed by atoms with Crippen LogP contribution in [0.1, 0.15) is 277 Å². The number of aliphatic hydroxyl groups is 2. The van der Waals surface area contributed by atoms with Crippen LogP contribution in [0.15, 0.2) is 85.1 Å². The third-order valence-corrected chi connectivity index (χ3v) is 15.3. The molecule has 0 aliphatic heterocycles. The first-order valence-corrected chi connectivity index (χ1v) is 33.5. The van der Waals surface area contributed by atoms with Crippen molar-refractivity contribution in [1.29, 1.82) is 0 Å². The number of phosphoric acid groups is 1. The number of unbranched alkanes of at least 4 members (excludes halogenated alkanes) is 31. The number of quaternary nitrogens is 1. The molecule has 10 heteroatoms. The fourth-order valence-electron chi connectivity index (χ4n) is 9.29. The van der Waals surface area contributed by atoms with Crippen LogP contribution in [-0.2, 0) is 18.4 Å². The molecule has 448 valence electrons. The second-order valence-electron chi connectivity index (χ2n) is 22.9. The van der Waals surface area contributed by atoms with Crippen molar-refractivity contribution in [3.8, 4) is 0 Å². The van der Waals surface area contributed by atoms with E-state index in [4.69, 9.17) is 9.05 Å². The summed E-state index contributed by atoms with van der Waals surface area (Å²) < 4.78 is 23.6. The van der Waals surface area contributed by atoms with Gasteiger partial charge in [0.25, 0.3) is 0 Å². The average Bonchev–Trinajstić information content (AvgIpc) is 3.39. The van der Waals surface area contributed by atoms with Gasteiger partial charge >= 0.3 is 7.82 Å². The highest BCUT2D eigenvalue weighted by Crippen LogP contribution is 2.43. The molecule has 0 radical (unpaired) electrons. The fourth-order valence-corrected chi connectivity index (χ4v) is 10.0. The SMILES string of the molecule is C/C=C/CC/C=C/CC/C=C/CCCC(O)C(O)C(COP(=O)(O)OCC[N+](C)(C)C)NC(=O)CCCCCCCCCCCCCCCCCCCCCCCCCCCCCC/C=C\C/C=C\C/C=C\C/C=C\CC. The van der Waals surface area contributed by atoms with Gasteiger partial charge in [-0.2, -0.15) is 0 Å². The predicted octanol–water partition coefficient (Wildman–Crippen LogP) is 19.0. The van der Waals surface area contributed by atoms with Gasteiger partial charge in [-0.1, -0.05) is 259 Å². The van der Waals surface area contributed by atoms with Crippen LogP contribution < -0.4 is 5.32 Å². The summed E-state index contributed by atoms with van der Waals surface area (Å²) in [5.74, 6) is -0.272. The summed E-state index contributed by atoms with van der Waals surface area (Å²) in [5, 5.41) is 24.8. The van der Waals surface area contributed by atoms with Gasteiger partial charge in [0.2, 0.25) is 5.91 Å². The summed E-state index contributed by atoms with van der Waals surface area (Å²) in [6, 6.07) is -1.06. The summed E-state index contributed by atoms with van der Waals surface area (Å²) in [5.41, 5.74) is 0. The minimum atomic E-state index is -4.44. The Hall–Kier alpha value is -2.36. The number of carbonyl (C=O) groups is 1. The van der Waals surface area contributed by atoms with Crippen LogP contribution in [0.4, 0.5) is 0 Å². The molecular weight excluding hydrogens is 976 g/mol. The van der Waals surface area contributed by atoms with E-state index >= 15 is 0 Å². The minimum Gasteiger partial charge on any atom is -0.390 e. The molecule has 0 fully saturated rings. The molecule has 1 amide bonds. The second kappa shape index (κ2) is 56.9. The third-order valence-electron chi connectivity index (χ3n) is 14.3. The zero-order valence-electron chi connectivity index (χ0n) is 50.8. The summed E-state index contributed by atoms with van der Waals surface area (Å²) in [6.07, 6.45) is 77.4. The lowest BCUT2D eigenvalue weighted by atomic mass is 10.0. The van der Waals surface area contributed by atoms with Gasteiger partial charge in [0.05, 0.1) is 39.9 Å². The molecule has 4 unspecified atom stereocenters. The number of hydrogen-bond donors (Lipinski definition) is 4. The largest absolute Gasteiger partial charge is 0.472 e. The molecule has 0 aliphatic rings. The Kier molecular flexibility index (Phi) is 55.2. The summed E-state index contributed by atoms with van der Waals surface area (Å²) in [6.45, 7) is 4.26. The third kappa shape index (κ3) is 58.1. The highest BCUT2D eigenvalue weighted by atomic mass is 31.2. The average molecular weight is 1100 g/mol. The first-order chi connectivity index (χ1) is 37.4. The molecule has 0 saturated carbocycles. The molecule has 0 aromatic heterocycles. The minimum absolute atomic E-state index is 0.0114. The van der Waals surface area contributed by atoms with Crippen molar-refractivity contribution in [3.63, 3.8) is 0 Å². The molecule has 0 aromatic carbocycles. The Morgan fingerprint density at radius 2 is 0.831 bits per heavy atom. The van der Waals surface area contributed by atoms with E-state index in [9.17, 15) is 24.5 Å². The second-order valence-corrected chi connectivity index (χ2v) is 24.3. The van der Waals surface area contributed by atoms with Gasteiger partial charge < -0.3 is 24.9 Å². The number of carbonyl (C=O) groups excluding carboxylic acids is 1. The van der Waals surface area contributed by atoms with Gasteiger partial charge in [-0.3, -0.25) is 13.8 Å². The van der Waals surface area contributed by atoms with Gasteiger partial charge in [0.1, 0.15) is 19.3 Å². The fraction of sp³-hybridized carbons (Fsp3) is 0.776. The maximum Gasteiger partial charge on any atom is 0.472 e. The molecule has 0 heterocycles. The number of phosphoric ester groups is 1. The number of aliphatic hydroxyl groups excluding tert-OH is 2. The molecule has 0 rings (SSSR count). The van der Waals surface area contributed by atoms with E-state index in [0.29, 0.717) is 23.9 Å². The van der Waals surface area contributed by atoms with Gasteiger partial charge in [-0.05, 0) is 96.8 Å². The van der Waals surface area contributed by atoms with E-state index in [1.54, 1.807) is 0 Å². The molecule has 0 spiro atoms. The van der Waals surface area contributed by atoms with E-state index in [1.807, 2.05) is 28.1 Å². The maximum atomic E-state index is 13.0.